The van der Waals surface area contributed by atoms with E-state index < -0.39 is 11.0 Å². The Morgan fingerprint density at radius 1 is 1.21 bits per heavy atom. The van der Waals surface area contributed by atoms with Gasteiger partial charge in [0, 0.05) is 17.5 Å². The molecule has 150 valence electrons. The molecule has 1 aliphatic heterocycles. The highest BCUT2D eigenvalue weighted by atomic mass is 79.9. The van der Waals surface area contributed by atoms with E-state index in [1.807, 2.05) is 32.0 Å². The summed E-state index contributed by atoms with van der Waals surface area (Å²) in [5.41, 5.74) is 4.16. The molecule has 3 rings (SSSR count). The van der Waals surface area contributed by atoms with Gasteiger partial charge in [0.2, 0.25) is 0 Å². The van der Waals surface area contributed by atoms with Crippen LogP contribution in [0.3, 0.4) is 0 Å². The highest BCUT2D eigenvalue weighted by Crippen LogP contribution is 2.33. The summed E-state index contributed by atoms with van der Waals surface area (Å²) in [4.78, 5) is 24.0. The molecule has 0 aliphatic carbocycles. The number of allylic oxidation sites excluding steroid dienone is 1. The lowest BCUT2D eigenvalue weighted by Crippen LogP contribution is -2.45. The predicted octanol–water partition coefficient (Wildman–Crippen LogP) is 4.41. The largest absolute Gasteiger partial charge is 0.351 e. The number of anilines is 1. The zero-order valence-corrected chi connectivity index (χ0v) is 18.4. The summed E-state index contributed by atoms with van der Waals surface area (Å²) in [6, 6.07) is 9.94. The first-order chi connectivity index (χ1) is 13.7. The summed E-state index contributed by atoms with van der Waals surface area (Å²) in [5, 5.41) is 20.7. The van der Waals surface area contributed by atoms with Crippen LogP contribution in [0.15, 0.2) is 52.1 Å². The summed E-state index contributed by atoms with van der Waals surface area (Å²) in [6.45, 7) is 5.62. The number of halogens is 1. The van der Waals surface area contributed by atoms with Crippen molar-refractivity contribution in [3.05, 3.63) is 78.9 Å². The van der Waals surface area contributed by atoms with Gasteiger partial charge in [-0.1, -0.05) is 18.2 Å². The third-order valence-corrected chi connectivity index (χ3v) is 5.55. The van der Waals surface area contributed by atoms with Crippen LogP contribution in [-0.2, 0) is 4.79 Å². The van der Waals surface area contributed by atoms with Crippen molar-refractivity contribution in [2.24, 2.45) is 0 Å². The van der Waals surface area contributed by atoms with E-state index in [1.54, 1.807) is 19.1 Å². The molecule has 1 amide bonds. The van der Waals surface area contributed by atoms with Crippen molar-refractivity contribution >= 4 is 50.5 Å². The van der Waals surface area contributed by atoms with Crippen LogP contribution in [0.5, 0.6) is 0 Å². The average Bonchev–Trinajstić information content (AvgIpc) is 2.64. The fourth-order valence-electron chi connectivity index (χ4n) is 3.15. The number of benzene rings is 2. The zero-order chi connectivity index (χ0) is 21.3. The van der Waals surface area contributed by atoms with Gasteiger partial charge >= 0.3 is 0 Å². The van der Waals surface area contributed by atoms with Crippen LogP contribution >= 0.6 is 28.1 Å². The number of aryl methyl sites for hydroxylation is 2. The van der Waals surface area contributed by atoms with Gasteiger partial charge in [-0.05, 0) is 77.7 Å². The number of amides is 1. The molecular weight excluding hydrogens is 456 g/mol. The van der Waals surface area contributed by atoms with Crippen LogP contribution in [-0.4, -0.2) is 15.9 Å². The summed E-state index contributed by atoms with van der Waals surface area (Å²) < 4.78 is 0.366. The normalized spacial score (nSPS) is 16.1. The molecule has 7 nitrogen and oxygen atoms in total. The van der Waals surface area contributed by atoms with Crippen molar-refractivity contribution in [3.8, 4) is 0 Å². The van der Waals surface area contributed by atoms with Crippen LogP contribution in [0.4, 0.5) is 11.4 Å². The third kappa shape index (κ3) is 4.46. The van der Waals surface area contributed by atoms with E-state index in [0.717, 1.165) is 11.1 Å². The van der Waals surface area contributed by atoms with Crippen molar-refractivity contribution in [1.82, 2.24) is 10.6 Å². The molecule has 1 unspecified atom stereocenters. The molecule has 0 saturated heterocycles. The molecule has 0 fully saturated rings. The highest BCUT2D eigenvalue weighted by molar-refractivity contribution is 9.10. The van der Waals surface area contributed by atoms with Gasteiger partial charge in [-0.15, -0.1) is 0 Å². The van der Waals surface area contributed by atoms with E-state index in [1.165, 1.54) is 6.07 Å². The van der Waals surface area contributed by atoms with Crippen molar-refractivity contribution < 1.29 is 9.72 Å². The Hall–Kier alpha value is -2.78. The van der Waals surface area contributed by atoms with Gasteiger partial charge < -0.3 is 16.0 Å². The van der Waals surface area contributed by atoms with Crippen LogP contribution in [0, 0.1) is 24.0 Å². The molecule has 0 aromatic heterocycles. The van der Waals surface area contributed by atoms with Gasteiger partial charge in [0.05, 0.1) is 21.0 Å². The molecular formula is C20H19BrN4O3S. The Labute approximate surface area is 181 Å². The number of carbonyl (C=O) groups excluding carboxylic acids is 1. The SMILES string of the molecule is CC1=C(C(=O)Nc2cc(C)ccc2C)C(c2ccc(Br)c([N+](=O)[O-])c2)NC(=S)N1. The molecule has 1 heterocycles. The van der Waals surface area contributed by atoms with E-state index in [4.69, 9.17) is 12.2 Å². The average molecular weight is 475 g/mol. The number of hydrogen-bond acceptors (Lipinski definition) is 4. The predicted molar refractivity (Wildman–Crippen MR) is 120 cm³/mol. The number of thiocarbonyl (C=S) groups is 1. The molecule has 9 heteroatoms. The van der Waals surface area contributed by atoms with Crippen molar-refractivity contribution in [2.45, 2.75) is 26.8 Å². The molecule has 1 atom stereocenters. The number of carbonyl (C=O) groups is 1. The van der Waals surface area contributed by atoms with Crippen molar-refractivity contribution in [3.63, 3.8) is 0 Å². The standard InChI is InChI=1S/C20H19BrN4O3S/c1-10-4-5-11(2)15(8-10)23-19(26)17-12(3)22-20(29)24-18(17)13-6-7-14(21)16(9-13)25(27)28/h4-9,18H,1-3H3,(H,23,26)(H2,22,24,29). The van der Waals surface area contributed by atoms with E-state index in [-0.39, 0.29) is 11.6 Å². The Morgan fingerprint density at radius 2 is 1.93 bits per heavy atom. The Kier molecular flexibility index (Phi) is 5.99. The minimum Gasteiger partial charge on any atom is -0.351 e. The van der Waals surface area contributed by atoms with E-state index in [9.17, 15) is 14.9 Å². The molecule has 1 aliphatic rings. The van der Waals surface area contributed by atoms with Gasteiger partial charge in [0.25, 0.3) is 11.6 Å². The number of rotatable bonds is 4. The van der Waals surface area contributed by atoms with Gasteiger partial charge in [-0.2, -0.15) is 0 Å². The maximum atomic E-state index is 13.2. The van der Waals surface area contributed by atoms with Gasteiger partial charge in [-0.3, -0.25) is 14.9 Å². The highest BCUT2D eigenvalue weighted by Gasteiger charge is 2.31. The van der Waals surface area contributed by atoms with E-state index in [2.05, 4.69) is 31.9 Å². The van der Waals surface area contributed by atoms with Crippen LogP contribution in [0.2, 0.25) is 0 Å². The van der Waals surface area contributed by atoms with Crippen LogP contribution in [0.1, 0.15) is 29.7 Å². The molecule has 2 aromatic carbocycles. The molecule has 0 spiro atoms. The first-order valence-corrected chi connectivity index (χ1v) is 9.98. The number of nitro groups is 1. The topological polar surface area (TPSA) is 96.3 Å². The summed E-state index contributed by atoms with van der Waals surface area (Å²) in [6.07, 6.45) is 0. The first kappa shape index (κ1) is 20.9. The number of nitrogens with one attached hydrogen (secondary N) is 3. The summed E-state index contributed by atoms with van der Waals surface area (Å²) in [7, 11) is 0. The second kappa shape index (κ2) is 8.30. The first-order valence-electron chi connectivity index (χ1n) is 8.78. The quantitative estimate of drug-likeness (QED) is 0.345. The Morgan fingerprint density at radius 3 is 2.62 bits per heavy atom. The molecule has 0 saturated carbocycles. The van der Waals surface area contributed by atoms with E-state index in [0.29, 0.717) is 32.1 Å². The molecule has 0 bridgehead atoms. The van der Waals surface area contributed by atoms with Crippen molar-refractivity contribution in [2.75, 3.05) is 5.32 Å². The lowest BCUT2D eigenvalue weighted by Gasteiger charge is -2.30. The lowest BCUT2D eigenvalue weighted by atomic mass is 9.94. The van der Waals surface area contributed by atoms with Crippen molar-refractivity contribution in [1.29, 1.82) is 0 Å². The number of nitro benzene ring substituents is 1. The van der Waals surface area contributed by atoms with Gasteiger partial charge in [0.15, 0.2) is 5.11 Å². The van der Waals surface area contributed by atoms with Crippen LogP contribution in [0.25, 0.3) is 0 Å². The van der Waals surface area contributed by atoms with Crippen LogP contribution < -0.4 is 16.0 Å². The molecule has 3 N–H and O–H groups in total. The number of nitrogens with zero attached hydrogens (tertiary/aromatic N) is 1. The molecule has 29 heavy (non-hydrogen) atoms. The van der Waals surface area contributed by atoms with Gasteiger partial charge in [0.1, 0.15) is 0 Å². The van der Waals surface area contributed by atoms with E-state index >= 15 is 0 Å². The minimum atomic E-state index is -0.624. The lowest BCUT2D eigenvalue weighted by molar-refractivity contribution is -0.385. The Balaban J connectivity index is 2.02. The Bertz CT molecular complexity index is 1070. The molecule has 0 radical (unpaired) electrons. The zero-order valence-electron chi connectivity index (χ0n) is 16.0. The molecule has 2 aromatic rings. The second-order valence-corrected chi connectivity index (χ2v) is 8.07. The second-order valence-electron chi connectivity index (χ2n) is 6.81. The number of hydrogen-bond donors (Lipinski definition) is 3. The summed E-state index contributed by atoms with van der Waals surface area (Å²) >= 11 is 8.44. The smallest absolute Gasteiger partial charge is 0.283 e. The maximum absolute atomic E-state index is 13.2. The maximum Gasteiger partial charge on any atom is 0.283 e. The summed E-state index contributed by atoms with van der Waals surface area (Å²) in [5.74, 6) is -0.311. The third-order valence-electron chi connectivity index (χ3n) is 4.66. The minimum absolute atomic E-state index is 0.0827. The fourth-order valence-corrected chi connectivity index (χ4v) is 3.82. The van der Waals surface area contributed by atoms with Gasteiger partial charge in [-0.25, -0.2) is 0 Å². The fraction of sp³-hybridized carbons (Fsp3) is 0.200. The monoisotopic (exact) mass is 474 g/mol.